The molecule has 0 bridgehead atoms. The van der Waals surface area contributed by atoms with E-state index in [-0.39, 0.29) is 24.2 Å². The van der Waals surface area contributed by atoms with Gasteiger partial charge in [-0.2, -0.15) is 0 Å². The minimum atomic E-state index is -1.36. The van der Waals surface area contributed by atoms with Crippen LogP contribution in [0.2, 0.25) is 0 Å². The first-order valence-corrected chi connectivity index (χ1v) is 6.67. The molecule has 1 aliphatic rings. The van der Waals surface area contributed by atoms with Crippen molar-refractivity contribution in [3.05, 3.63) is 0 Å². The summed E-state index contributed by atoms with van der Waals surface area (Å²) in [5.41, 5.74) is -0.859. The maximum atomic E-state index is 10.5. The Balaban J connectivity index is 2.57. The zero-order valence-electron chi connectivity index (χ0n) is 10.6. The molecule has 1 atom stereocenters. The van der Waals surface area contributed by atoms with Gasteiger partial charge in [-0.3, -0.25) is 4.79 Å². The van der Waals surface area contributed by atoms with E-state index in [4.69, 9.17) is 27.2 Å². The van der Waals surface area contributed by atoms with Crippen molar-refractivity contribution >= 4 is 23.2 Å². The van der Waals surface area contributed by atoms with Gasteiger partial charge in [-0.15, -0.1) is 0 Å². The highest BCUT2D eigenvalue weighted by molar-refractivity contribution is 7.80. The standard InChI is InChI=1S/C12H20O6S/c13-6-8-1-3-12(7-14,4-2-8)18-11(19)9(15)5-10(16)17/h8-9,13-15H,1-7H2,(H,16,17). The molecule has 6 nitrogen and oxygen atoms in total. The van der Waals surface area contributed by atoms with Crippen LogP contribution in [0.5, 0.6) is 0 Å². The van der Waals surface area contributed by atoms with E-state index in [1.165, 1.54) is 0 Å². The number of ether oxygens (including phenoxy) is 1. The van der Waals surface area contributed by atoms with Gasteiger partial charge in [-0.1, -0.05) is 0 Å². The molecule has 0 spiro atoms. The molecule has 0 aromatic carbocycles. The second kappa shape index (κ2) is 7.14. The van der Waals surface area contributed by atoms with Crippen LogP contribution in [0.1, 0.15) is 32.1 Å². The quantitative estimate of drug-likeness (QED) is 0.513. The Hall–Kier alpha value is -0.760. The van der Waals surface area contributed by atoms with E-state index < -0.39 is 24.1 Å². The Morgan fingerprint density at radius 3 is 2.37 bits per heavy atom. The summed E-state index contributed by atoms with van der Waals surface area (Å²) in [6, 6.07) is 0. The van der Waals surface area contributed by atoms with Gasteiger partial charge in [0.15, 0.2) is 5.05 Å². The molecular formula is C12H20O6S. The number of carboxylic acid groups (broad SMARTS) is 1. The van der Waals surface area contributed by atoms with Crippen LogP contribution in [0, 0.1) is 5.92 Å². The monoisotopic (exact) mass is 292 g/mol. The summed E-state index contributed by atoms with van der Waals surface area (Å²) in [5.74, 6) is -0.971. The Kier molecular flexibility index (Phi) is 6.12. The Morgan fingerprint density at radius 2 is 1.95 bits per heavy atom. The molecule has 110 valence electrons. The van der Waals surface area contributed by atoms with Crippen LogP contribution in [-0.4, -0.2) is 56.4 Å². The smallest absolute Gasteiger partial charge is 0.306 e. The Bertz CT molecular complexity index is 324. The number of aliphatic carboxylic acids is 1. The van der Waals surface area contributed by atoms with Crippen LogP contribution in [0.3, 0.4) is 0 Å². The van der Waals surface area contributed by atoms with Crippen LogP contribution in [0.4, 0.5) is 0 Å². The maximum Gasteiger partial charge on any atom is 0.306 e. The Morgan fingerprint density at radius 1 is 1.37 bits per heavy atom. The molecule has 0 aromatic rings. The van der Waals surface area contributed by atoms with Crippen molar-refractivity contribution in [1.82, 2.24) is 0 Å². The fraction of sp³-hybridized carbons (Fsp3) is 0.833. The van der Waals surface area contributed by atoms with Crippen molar-refractivity contribution in [2.24, 2.45) is 5.92 Å². The second-order valence-electron chi connectivity index (χ2n) is 5.00. The lowest BCUT2D eigenvalue weighted by molar-refractivity contribution is -0.138. The zero-order chi connectivity index (χ0) is 14.5. The normalized spacial score (nSPS) is 28.7. The van der Waals surface area contributed by atoms with Gasteiger partial charge in [0.25, 0.3) is 0 Å². The summed E-state index contributed by atoms with van der Waals surface area (Å²) >= 11 is 4.88. The average molecular weight is 292 g/mol. The van der Waals surface area contributed by atoms with E-state index in [0.29, 0.717) is 25.7 Å². The van der Waals surface area contributed by atoms with Crippen LogP contribution in [0.15, 0.2) is 0 Å². The Labute approximate surface area is 117 Å². The third-order valence-corrected chi connectivity index (χ3v) is 3.88. The molecule has 1 saturated carbocycles. The fourth-order valence-corrected chi connectivity index (χ4v) is 2.47. The highest BCUT2D eigenvalue weighted by atomic mass is 32.1. The number of aliphatic hydroxyl groups is 3. The number of hydrogen-bond donors (Lipinski definition) is 4. The lowest BCUT2D eigenvalue weighted by atomic mass is 9.79. The third-order valence-electron chi connectivity index (χ3n) is 3.52. The first kappa shape index (κ1) is 16.3. The van der Waals surface area contributed by atoms with E-state index in [0.717, 1.165) is 0 Å². The van der Waals surface area contributed by atoms with Gasteiger partial charge in [0.1, 0.15) is 11.7 Å². The number of thiocarbonyl (C=S) groups is 1. The molecule has 0 aromatic heterocycles. The van der Waals surface area contributed by atoms with Crippen LogP contribution < -0.4 is 0 Å². The van der Waals surface area contributed by atoms with E-state index in [2.05, 4.69) is 0 Å². The van der Waals surface area contributed by atoms with Crippen molar-refractivity contribution in [3.8, 4) is 0 Å². The molecule has 1 rings (SSSR count). The van der Waals surface area contributed by atoms with Gasteiger partial charge in [0, 0.05) is 6.61 Å². The van der Waals surface area contributed by atoms with Crippen LogP contribution in [-0.2, 0) is 9.53 Å². The first-order chi connectivity index (χ1) is 8.92. The summed E-state index contributed by atoms with van der Waals surface area (Å²) in [7, 11) is 0. The van der Waals surface area contributed by atoms with Gasteiger partial charge in [0.05, 0.1) is 13.0 Å². The molecule has 0 radical (unpaired) electrons. The maximum absolute atomic E-state index is 10.5. The molecule has 4 N–H and O–H groups in total. The van der Waals surface area contributed by atoms with Crippen molar-refractivity contribution in [3.63, 3.8) is 0 Å². The van der Waals surface area contributed by atoms with Gasteiger partial charge in [-0.25, -0.2) is 0 Å². The van der Waals surface area contributed by atoms with Gasteiger partial charge in [-0.05, 0) is 43.8 Å². The van der Waals surface area contributed by atoms with E-state index >= 15 is 0 Å². The molecule has 1 aliphatic carbocycles. The zero-order valence-corrected chi connectivity index (χ0v) is 11.4. The van der Waals surface area contributed by atoms with E-state index in [1.807, 2.05) is 0 Å². The summed E-state index contributed by atoms with van der Waals surface area (Å²) in [4.78, 5) is 10.5. The summed E-state index contributed by atoms with van der Waals surface area (Å²) in [5, 5.41) is 36.5. The average Bonchev–Trinajstić information content (AvgIpc) is 2.38. The van der Waals surface area contributed by atoms with Crippen molar-refractivity contribution in [2.45, 2.75) is 43.8 Å². The summed E-state index contributed by atoms with van der Waals surface area (Å²) in [6.45, 7) is -0.140. The molecule has 0 amide bonds. The van der Waals surface area contributed by atoms with Crippen LogP contribution >= 0.6 is 12.2 Å². The van der Waals surface area contributed by atoms with Gasteiger partial charge in [0.2, 0.25) is 0 Å². The SMILES string of the molecule is O=C(O)CC(O)C(=S)OC1(CO)CCC(CO)CC1. The second-order valence-corrected chi connectivity index (χ2v) is 5.40. The molecule has 0 saturated heterocycles. The molecule has 0 heterocycles. The lowest BCUT2D eigenvalue weighted by Gasteiger charge is -2.39. The predicted octanol–water partition coefficient (Wildman–Crippen LogP) is 0.0796. The number of aliphatic hydroxyl groups excluding tert-OH is 3. The third kappa shape index (κ3) is 4.68. The molecule has 7 heteroatoms. The lowest BCUT2D eigenvalue weighted by Crippen LogP contribution is -2.44. The van der Waals surface area contributed by atoms with E-state index in [9.17, 15) is 15.0 Å². The number of carboxylic acids is 1. The van der Waals surface area contributed by atoms with Crippen molar-refractivity contribution < 1.29 is 30.0 Å². The largest absolute Gasteiger partial charge is 0.481 e. The van der Waals surface area contributed by atoms with Crippen molar-refractivity contribution in [2.75, 3.05) is 13.2 Å². The van der Waals surface area contributed by atoms with Crippen LogP contribution in [0.25, 0.3) is 0 Å². The number of rotatable bonds is 6. The first-order valence-electron chi connectivity index (χ1n) is 6.27. The van der Waals surface area contributed by atoms with Gasteiger partial charge >= 0.3 is 5.97 Å². The molecular weight excluding hydrogens is 272 g/mol. The topological polar surface area (TPSA) is 107 Å². The van der Waals surface area contributed by atoms with Crippen molar-refractivity contribution in [1.29, 1.82) is 0 Å². The molecule has 19 heavy (non-hydrogen) atoms. The number of hydrogen-bond acceptors (Lipinski definition) is 6. The summed E-state index contributed by atoms with van der Waals surface area (Å²) < 4.78 is 5.47. The van der Waals surface area contributed by atoms with Gasteiger partial charge < -0.3 is 25.2 Å². The fourth-order valence-electron chi connectivity index (χ4n) is 2.21. The molecule has 0 aliphatic heterocycles. The minimum Gasteiger partial charge on any atom is -0.481 e. The number of carbonyl (C=O) groups is 1. The predicted molar refractivity (Wildman–Crippen MR) is 70.8 cm³/mol. The summed E-state index contributed by atoms with van der Waals surface area (Å²) in [6.07, 6.45) is 0.582. The highest BCUT2D eigenvalue weighted by Gasteiger charge is 2.38. The molecule has 1 unspecified atom stereocenters. The molecule has 1 fully saturated rings. The minimum absolute atomic E-state index is 0.105. The van der Waals surface area contributed by atoms with E-state index in [1.54, 1.807) is 0 Å². The highest BCUT2D eigenvalue weighted by Crippen LogP contribution is 2.35.